The van der Waals surface area contributed by atoms with Crippen LogP contribution in [0.15, 0.2) is 138 Å². The van der Waals surface area contributed by atoms with Crippen LogP contribution in [-0.4, -0.2) is 14.5 Å². The van der Waals surface area contributed by atoms with E-state index in [1.165, 1.54) is 5.39 Å². The number of hydrogen-bond acceptors (Lipinski definition) is 3. The standard InChI is InChI=1S/C39H22N4O/c1-40-29-15-9-14-28(20-29)36-38(41-37-32-22-27(24-10-3-2-4-11-24)18-19-35(32)44-39(37)42-36)43-33-17-8-7-16-30(33)31-21-25-12-5-6-13-26(25)23-34(31)43/h2-23H. The van der Waals surface area contributed by atoms with Crippen LogP contribution in [0.5, 0.6) is 0 Å². The van der Waals surface area contributed by atoms with E-state index >= 15 is 0 Å². The van der Waals surface area contributed by atoms with E-state index in [1.54, 1.807) is 6.07 Å². The largest absolute Gasteiger partial charge is 0.436 e. The lowest BCUT2D eigenvalue weighted by molar-refractivity contribution is 0.653. The molecule has 44 heavy (non-hydrogen) atoms. The van der Waals surface area contributed by atoms with E-state index in [-0.39, 0.29) is 0 Å². The Balaban J connectivity index is 1.42. The summed E-state index contributed by atoms with van der Waals surface area (Å²) >= 11 is 0. The molecule has 0 atom stereocenters. The molecule has 6 aromatic carbocycles. The van der Waals surface area contributed by atoms with Crippen molar-refractivity contribution in [2.75, 3.05) is 0 Å². The number of rotatable bonds is 3. The zero-order valence-corrected chi connectivity index (χ0v) is 23.4. The smallest absolute Gasteiger partial charge is 0.247 e. The Morgan fingerprint density at radius 3 is 2.20 bits per heavy atom. The minimum atomic E-state index is 0.461. The van der Waals surface area contributed by atoms with Crippen molar-refractivity contribution in [3.63, 3.8) is 0 Å². The van der Waals surface area contributed by atoms with Crippen LogP contribution in [0, 0.1) is 6.57 Å². The van der Waals surface area contributed by atoms with E-state index in [2.05, 4.69) is 94.3 Å². The second-order valence-electron chi connectivity index (χ2n) is 11.0. The zero-order valence-electron chi connectivity index (χ0n) is 23.4. The molecular formula is C39H22N4O. The average Bonchev–Trinajstić information content (AvgIpc) is 3.61. The first-order chi connectivity index (χ1) is 21.7. The number of para-hydroxylation sites is 1. The van der Waals surface area contributed by atoms with Crippen LogP contribution in [0.25, 0.3) is 87.8 Å². The summed E-state index contributed by atoms with van der Waals surface area (Å²) in [5, 5.41) is 5.52. The Kier molecular flexibility index (Phi) is 5.19. The summed E-state index contributed by atoms with van der Waals surface area (Å²) in [4.78, 5) is 14.2. The fraction of sp³-hybridized carbons (Fsp3) is 0. The summed E-state index contributed by atoms with van der Waals surface area (Å²) in [6.07, 6.45) is 0. The van der Waals surface area contributed by atoms with Crippen LogP contribution in [-0.2, 0) is 0 Å². The van der Waals surface area contributed by atoms with Crippen molar-refractivity contribution < 1.29 is 4.42 Å². The summed E-state index contributed by atoms with van der Waals surface area (Å²) in [5.41, 5.74) is 8.17. The highest BCUT2D eigenvalue weighted by atomic mass is 16.3. The Hall–Kier alpha value is -6.25. The van der Waals surface area contributed by atoms with Gasteiger partial charge >= 0.3 is 0 Å². The van der Waals surface area contributed by atoms with Crippen molar-refractivity contribution in [3.8, 4) is 28.2 Å². The van der Waals surface area contributed by atoms with Crippen LogP contribution in [0.4, 0.5) is 5.69 Å². The van der Waals surface area contributed by atoms with Crippen molar-refractivity contribution in [2.24, 2.45) is 0 Å². The normalized spacial score (nSPS) is 11.6. The van der Waals surface area contributed by atoms with Gasteiger partial charge in [0.25, 0.3) is 0 Å². The van der Waals surface area contributed by atoms with Crippen LogP contribution >= 0.6 is 0 Å². The molecule has 0 fully saturated rings. The number of nitrogens with zero attached hydrogens (tertiary/aromatic N) is 4. The van der Waals surface area contributed by atoms with E-state index < -0.39 is 0 Å². The quantitative estimate of drug-likeness (QED) is 0.201. The lowest BCUT2D eigenvalue weighted by Gasteiger charge is -2.13. The highest BCUT2D eigenvalue weighted by molar-refractivity contribution is 6.14. The molecule has 5 nitrogen and oxygen atoms in total. The fourth-order valence-corrected chi connectivity index (χ4v) is 6.33. The maximum Gasteiger partial charge on any atom is 0.247 e. The highest BCUT2D eigenvalue weighted by Crippen LogP contribution is 2.39. The number of furan rings is 1. The number of hydrogen-bond donors (Lipinski definition) is 0. The lowest BCUT2D eigenvalue weighted by atomic mass is 10.0. The molecule has 0 bridgehead atoms. The average molecular weight is 563 g/mol. The molecule has 3 aromatic heterocycles. The van der Waals surface area contributed by atoms with E-state index in [1.807, 2.05) is 42.5 Å². The first-order valence-corrected chi connectivity index (χ1v) is 14.5. The second-order valence-corrected chi connectivity index (χ2v) is 11.0. The summed E-state index contributed by atoms with van der Waals surface area (Å²) in [7, 11) is 0. The molecular weight excluding hydrogens is 540 g/mol. The highest BCUT2D eigenvalue weighted by Gasteiger charge is 2.22. The van der Waals surface area contributed by atoms with Gasteiger partial charge in [0.15, 0.2) is 11.5 Å². The summed E-state index contributed by atoms with van der Waals surface area (Å²) < 4.78 is 8.54. The van der Waals surface area contributed by atoms with Gasteiger partial charge in [-0.15, -0.1) is 0 Å². The van der Waals surface area contributed by atoms with E-state index in [9.17, 15) is 0 Å². The van der Waals surface area contributed by atoms with E-state index in [4.69, 9.17) is 21.0 Å². The molecule has 3 heterocycles. The molecule has 0 saturated carbocycles. The van der Waals surface area contributed by atoms with Crippen LogP contribution in [0.2, 0.25) is 0 Å². The van der Waals surface area contributed by atoms with Gasteiger partial charge in [-0.2, -0.15) is 0 Å². The molecule has 9 aromatic rings. The minimum Gasteiger partial charge on any atom is -0.436 e. The molecule has 5 heteroatoms. The van der Waals surface area contributed by atoms with Gasteiger partial charge in [0.1, 0.15) is 16.8 Å². The van der Waals surface area contributed by atoms with Crippen molar-refractivity contribution in [3.05, 3.63) is 145 Å². The summed E-state index contributed by atoms with van der Waals surface area (Å²) in [6, 6.07) is 45.4. The van der Waals surface area contributed by atoms with Crippen molar-refractivity contribution in [1.82, 2.24) is 14.5 Å². The molecule has 204 valence electrons. The summed E-state index contributed by atoms with van der Waals surface area (Å²) in [5.74, 6) is 0.689. The maximum absolute atomic E-state index is 7.65. The van der Waals surface area contributed by atoms with Crippen molar-refractivity contribution in [1.29, 1.82) is 0 Å². The van der Waals surface area contributed by atoms with Crippen LogP contribution < -0.4 is 0 Å². The van der Waals surface area contributed by atoms with Gasteiger partial charge in [-0.05, 0) is 63.9 Å². The number of aromatic nitrogens is 3. The van der Waals surface area contributed by atoms with Crippen LogP contribution in [0.3, 0.4) is 0 Å². The van der Waals surface area contributed by atoms with E-state index in [0.29, 0.717) is 28.4 Å². The topological polar surface area (TPSA) is 48.2 Å². The monoisotopic (exact) mass is 562 g/mol. The fourth-order valence-electron chi connectivity index (χ4n) is 6.33. The van der Waals surface area contributed by atoms with Gasteiger partial charge in [-0.1, -0.05) is 97.1 Å². The maximum atomic E-state index is 7.65. The Labute approximate surface area is 252 Å². The summed E-state index contributed by atoms with van der Waals surface area (Å²) in [6.45, 7) is 7.65. The van der Waals surface area contributed by atoms with Gasteiger partial charge < -0.3 is 4.42 Å². The molecule has 0 unspecified atom stereocenters. The molecule has 0 spiro atoms. The van der Waals surface area contributed by atoms with Gasteiger partial charge in [-0.3, -0.25) is 4.57 Å². The Bertz CT molecular complexity index is 2620. The third-order valence-corrected chi connectivity index (χ3v) is 8.39. The third kappa shape index (κ3) is 3.65. The van der Waals surface area contributed by atoms with Gasteiger partial charge in [0.05, 0.1) is 17.6 Å². The van der Waals surface area contributed by atoms with Crippen molar-refractivity contribution in [2.45, 2.75) is 0 Å². The van der Waals surface area contributed by atoms with E-state index in [0.717, 1.165) is 54.9 Å². The lowest BCUT2D eigenvalue weighted by Crippen LogP contribution is -2.03. The molecule has 0 amide bonds. The third-order valence-electron chi connectivity index (χ3n) is 8.39. The molecule has 9 rings (SSSR count). The SMILES string of the molecule is [C-]#[N+]c1cccc(-c2nc3oc4ccc(-c5ccccc5)cc4c3nc2-n2c3ccccc3c3cc4ccccc4cc32)c1. The first-order valence-electron chi connectivity index (χ1n) is 14.5. The molecule has 0 N–H and O–H groups in total. The molecule has 0 radical (unpaired) electrons. The Morgan fingerprint density at radius 2 is 1.34 bits per heavy atom. The predicted molar refractivity (Wildman–Crippen MR) is 178 cm³/mol. The molecule has 0 aliphatic carbocycles. The van der Waals surface area contributed by atoms with Gasteiger partial charge in [-0.25, -0.2) is 14.8 Å². The minimum absolute atomic E-state index is 0.461. The first kappa shape index (κ1) is 24.4. The van der Waals surface area contributed by atoms with Gasteiger partial charge in [0, 0.05) is 16.2 Å². The van der Waals surface area contributed by atoms with Crippen LogP contribution in [0.1, 0.15) is 0 Å². The molecule has 0 aliphatic heterocycles. The molecule has 0 aliphatic rings. The number of benzene rings is 6. The van der Waals surface area contributed by atoms with Crippen molar-refractivity contribution >= 4 is 60.5 Å². The molecule has 0 saturated heterocycles. The Morgan fingerprint density at radius 1 is 0.568 bits per heavy atom. The predicted octanol–water partition coefficient (Wildman–Crippen LogP) is 10.5. The number of fused-ring (bicyclic) bond motifs is 7. The van der Waals surface area contributed by atoms with Gasteiger partial charge in [0.2, 0.25) is 5.71 Å². The second kappa shape index (κ2) is 9.38. The zero-order chi connectivity index (χ0) is 29.2.